The van der Waals surface area contributed by atoms with E-state index in [1.165, 1.54) is 30.2 Å². The molecule has 0 radical (unpaired) electrons. The number of hydrogen-bond donors (Lipinski definition) is 0. The molecule has 0 unspecified atom stereocenters. The van der Waals surface area contributed by atoms with Crippen molar-refractivity contribution >= 4 is 34.5 Å². The summed E-state index contributed by atoms with van der Waals surface area (Å²) < 4.78 is 24.7. The molecule has 2 saturated carbocycles. The van der Waals surface area contributed by atoms with Gasteiger partial charge in [-0.15, -0.1) is 0 Å². The second kappa shape index (κ2) is 10.8. The van der Waals surface area contributed by atoms with E-state index in [4.69, 9.17) is 31.2 Å². The molecule has 0 bridgehead atoms. The van der Waals surface area contributed by atoms with Gasteiger partial charge in [-0.05, 0) is 63.6 Å². The number of carbonyl (C=O) groups is 1. The van der Waals surface area contributed by atoms with E-state index in [2.05, 4.69) is 6.08 Å². The lowest BCUT2D eigenvalue weighted by molar-refractivity contribution is -0.165. The second-order valence-corrected chi connectivity index (χ2v) is 10.6. The molecule has 2 aliphatic carbocycles. The molecule has 3 fully saturated rings. The minimum absolute atomic E-state index is 0.229. The van der Waals surface area contributed by atoms with Gasteiger partial charge in [-0.1, -0.05) is 53.7 Å². The number of rotatable bonds is 6. The van der Waals surface area contributed by atoms with Crippen molar-refractivity contribution in [2.75, 3.05) is 12.8 Å². The average Bonchev–Trinajstić information content (AvgIpc) is 3.50. The van der Waals surface area contributed by atoms with Gasteiger partial charge in [0.25, 0.3) is 0 Å². The highest BCUT2D eigenvalue weighted by Crippen LogP contribution is 2.42. The van der Waals surface area contributed by atoms with Crippen LogP contribution in [0, 0.1) is 0 Å². The molecule has 8 heteroatoms. The first-order chi connectivity index (χ1) is 15.9. The van der Waals surface area contributed by atoms with Crippen molar-refractivity contribution < 1.29 is 23.7 Å². The molecule has 1 aromatic rings. The zero-order valence-electron chi connectivity index (χ0n) is 19.5. The number of nitrogens with zero attached hydrogens (tertiary/aromatic N) is 1. The largest absolute Gasteiger partial charge is 0.472 e. The smallest absolute Gasteiger partial charge is 0.410 e. The summed E-state index contributed by atoms with van der Waals surface area (Å²) in [7, 11) is 0. The zero-order valence-corrected chi connectivity index (χ0v) is 21.2. The third-order valence-corrected chi connectivity index (χ3v) is 7.49. The summed E-state index contributed by atoms with van der Waals surface area (Å²) in [5, 5.41) is 0. The van der Waals surface area contributed by atoms with Crippen LogP contribution in [0.5, 0.6) is 0 Å². The molecule has 1 amide bonds. The summed E-state index contributed by atoms with van der Waals surface area (Å²) in [5.41, 5.74) is 2.36. The number of ether oxygens (including phenoxy) is 4. The van der Waals surface area contributed by atoms with E-state index >= 15 is 0 Å². The van der Waals surface area contributed by atoms with Crippen LogP contribution in [0.15, 0.2) is 42.0 Å². The number of allylic oxidation sites excluding steroid dienone is 1. The Morgan fingerprint density at radius 2 is 1.91 bits per heavy atom. The van der Waals surface area contributed by atoms with E-state index in [1.807, 2.05) is 50.4 Å². The molecule has 33 heavy (non-hydrogen) atoms. The van der Waals surface area contributed by atoms with Gasteiger partial charge < -0.3 is 18.9 Å². The molecule has 0 spiro atoms. The molecule has 3 aliphatic rings. The highest BCUT2D eigenvalue weighted by Gasteiger charge is 2.57. The van der Waals surface area contributed by atoms with Crippen LogP contribution in [0.2, 0.25) is 0 Å². The summed E-state index contributed by atoms with van der Waals surface area (Å²) in [6.45, 7) is 4.50. The van der Waals surface area contributed by atoms with Crippen LogP contribution in [-0.4, -0.2) is 58.3 Å². The zero-order chi connectivity index (χ0) is 23.4. The first kappa shape index (κ1) is 24.5. The van der Waals surface area contributed by atoms with Gasteiger partial charge in [-0.25, -0.2) is 4.79 Å². The van der Waals surface area contributed by atoms with Gasteiger partial charge in [0.05, 0.1) is 6.04 Å². The molecule has 1 aromatic carbocycles. The fourth-order valence-corrected chi connectivity index (χ4v) is 5.25. The maximum Gasteiger partial charge on any atom is 0.410 e. The normalized spacial score (nSPS) is 27.8. The minimum Gasteiger partial charge on any atom is -0.472 e. The fourth-order valence-electron chi connectivity index (χ4n) is 4.91. The van der Waals surface area contributed by atoms with Gasteiger partial charge in [-0.3, -0.25) is 4.90 Å². The van der Waals surface area contributed by atoms with Gasteiger partial charge in [0.1, 0.15) is 24.9 Å². The first-order valence-electron chi connectivity index (χ1n) is 11.6. The van der Waals surface area contributed by atoms with Gasteiger partial charge in [-0.2, -0.15) is 0 Å². The molecule has 6 nitrogen and oxygen atoms in total. The van der Waals surface area contributed by atoms with E-state index in [1.54, 1.807) is 4.90 Å². The number of benzene rings is 1. The van der Waals surface area contributed by atoms with Crippen molar-refractivity contribution in [1.29, 1.82) is 0 Å². The van der Waals surface area contributed by atoms with Gasteiger partial charge in [0.2, 0.25) is 4.38 Å². The quantitative estimate of drug-likeness (QED) is 0.387. The summed E-state index contributed by atoms with van der Waals surface area (Å²) in [6.07, 6.45) is 8.07. The number of fused-ring (bicyclic) bond motifs is 1. The highest BCUT2D eigenvalue weighted by molar-refractivity contribution is 8.22. The summed E-state index contributed by atoms with van der Waals surface area (Å²) >= 11 is 6.71. The predicted molar refractivity (Wildman–Crippen MR) is 133 cm³/mol. The number of thioether (sulfide) groups is 1. The fraction of sp³-hybridized carbons (Fsp3) is 0.600. The van der Waals surface area contributed by atoms with E-state index < -0.39 is 5.79 Å². The van der Waals surface area contributed by atoms with Crippen molar-refractivity contribution in [3.05, 3.63) is 47.5 Å². The first-order valence-corrected chi connectivity index (χ1v) is 13.2. The highest BCUT2D eigenvalue weighted by atomic mass is 32.2. The van der Waals surface area contributed by atoms with Gasteiger partial charge in [0, 0.05) is 13.0 Å². The molecule has 1 saturated heterocycles. The second-order valence-electron chi connectivity index (χ2n) is 9.24. The van der Waals surface area contributed by atoms with E-state index in [9.17, 15) is 4.79 Å². The number of hydrogen-bond acceptors (Lipinski definition) is 7. The van der Waals surface area contributed by atoms with Crippen molar-refractivity contribution in [1.82, 2.24) is 4.90 Å². The Labute approximate surface area is 206 Å². The Balaban J connectivity index is 1.54. The molecule has 4 rings (SSSR count). The maximum absolute atomic E-state index is 13.4. The van der Waals surface area contributed by atoms with Crippen LogP contribution in [0.4, 0.5) is 4.79 Å². The lowest BCUT2D eigenvalue weighted by Crippen LogP contribution is -2.47. The molecule has 0 N–H and O–H groups in total. The molecule has 180 valence electrons. The van der Waals surface area contributed by atoms with E-state index in [0.29, 0.717) is 17.3 Å². The molecule has 4 atom stereocenters. The Kier molecular flexibility index (Phi) is 7.99. The van der Waals surface area contributed by atoms with Crippen LogP contribution >= 0.6 is 24.0 Å². The monoisotopic (exact) mass is 491 g/mol. The van der Waals surface area contributed by atoms with Gasteiger partial charge >= 0.3 is 6.09 Å². The molecular formula is C25H33NO5S2. The predicted octanol–water partition coefficient (Wildman–Crippen LogP) is 5.45. The number of amides is 1. The lowest BCUT2D eigenvalue weighted by atomic mass is 10.1. The summed E-state index contributed by atoms with van der Waals surface area (Å²) in [6, 6.07) is 9.50. The SMILES string of the molecule is CSC(=S)O[C@H]1C[C@@H](N(CC=C2CCCC2)C(=O)OCc2ccccc2)[C@@H]2OC(C)(C)O[C@@H]21. The van der Waals surface area contributed by atoms with Crippen molar-refractivity contribution in [2.45, 2.75) is 82.7 Å². The number of carbonyl (C=O) groups excluding carboxylic acids is 1. The summed E-state index contributed by atoms with van der Waals surface area (Å²) in [4.78, 5) is 15.1. The topological polar surface area (TPSA) is 57.2 Å². The Bertz CT molecular complexity index is 867. The third-order valence-electron chi connectivity index (χ3n) is 6.46. The number of thiocarbonyl (C=S) groups is 1. The van der Waals surface area contributed by atoms with E-state index in [-0.39, 0.29) is 37.1 Å². The average molecular weight is 492 g/mol. The Hall–Kier alpha value is -1.61. The van der Waals surface area contributed by atoms with Crippen LogP contribution < -0.4 is 0 Å². The third kappa shape index (κ3) is 6.10. The van der Waals surface area contributed by atoms with Crippen molar-refractivity contribution in [2.24, 2.45) is 0 Å². The standard InChI is InChI=1S/C25H33NO5S2/c1-25(2)30-21-19(15-20(22(21)31-25)29-24(32)33-3)26(14-13-17-9-7-8-10-17)23(27)28-16-18-11-5-4-6-12-18/h4-6,11-13,19-22H,7-10,14-16H2,1-3H3/t19-,20+,21+,22-/m1/s1. The Morgan fingerprint density at radius 3 is 2.61 bits per heavy atom. The lowest BCUT2D eigenvalue weighted by Gasteiger charge is -2.31. The van der Waals surface area contributed by atoms with Crippen molar-refractivity contribution in [3.63, 3.8) is 0 Å². The Morgan fingerprint density at radius 1 is 1.21 bits per heavy atom. The molecule has 0 aromatic heterocycles. The molecular weight excluding hydrogens is 458 g/mol. The molecule has 1 aliphatic heterocycles. The maximum atomic E-state index is 13.4. The van der Waals surface area contributed by atoms with Crippen LogP contribution in [0.25, 0.3) is 0 Å². The van der Waals surface area contributed by atoms with Crippen LogP contribution in [0.1, 0.15) is 51.5 Å². The van der Waals surface area contributed by atoms with Crippen LogP contribution in [0.3, 0.4) is 0 Å². The minimum atomic E-state index is -0.750. The van der Waals surface area contributed by atoms with Crippen LogP contribution in [-0.2, 0) is 25.6 Å². The van der Waals surface area contributed by atoms with E-state index in [0.717, 1.165) is 18.4 Å². The summed E-state index contributed by atoms with van der Waals surface area (Å²) in [5.74, 6) is -0.750. The molecule has 1 heterocycles. The van der Waals surface area contributed by atoms with Crippen molar-refractivity contribution in [3.8, 4) is 0 Å². The van der Waals surface area contributed by atoms with Gasteiger partial charge in [0.15, 0.2) is 5.79 Å².